The van der Waals surface area contributed by atoms with Crippen molar-refractivity contribution in [2.24, 2.45) is 5.92 Å². The predicted molar refractivity (Wildman–Crippen MR) is 62.4 cm³/mol. The van der Waals surface area contributed by atoms with Crippen LogP contribution in [0.2, 0.25) is 0 Å². The largest absolute Gasteiger partial charge is 0.481 e. The standard InChI is InChI=1S/C11H22N2O3/c1-4-7-9(10(14)15)8-12-11(16)13(5-2)6-3/h9H,4-8H2,1-3H3,(H,12,16)(H,14,15). The number of aliphatic carboxylic acids is 1. The molecule has 5 heteroatoms. The minimum absolute atomic E-state index is 0.188. The summed E-state index contributed by atoms with van der Waals surface area (Å²) in [6.45, 7) is 7.19. The Bertz CT molecular complexity index is 227. The normalized spacial score (nSPS) is 11.9. The number of carboxylic acids is 1. The van der Waals surface area contributed by atoms with Crippen molar-refractivity contribution in [3.05, 3.63) is 0 Å². The summed E-state index contributed by atoms with van der Waals surface area (Å²) in [4.78, 5) is 24.0. The van der Waals surface area contributed by atoms with Crippen LogP contribution in [0.15, 0.2) is 0 Å². The van der Waals surface area contributed by atoms with E-state index in [1.54, 1.807) is 4.90 Å². The SMILES string of the molecule is CCCC(CNC(=O)N(CC)CC)C(=O)O. The van der Waals surface area contributed by atoms with Crippen LogP contribution in [0.5, 0.6) is 0 Å². The van der Waals surface area contributed by atoms with Crippen molar-refractivity contribution >= 4 is 12.0 Å². The maximum atomic E-state index is 11.6. The summed E-state index contributed by atoms with van der Waals surface area (Å²) in [7, 11) is 0. The maximum absolute atomic E-state index is 11.6. The number of nitrogens with one attached hydrogen (secondary N) is 1. The van der Waals surface area contributed by atoms with E-state index in [4.69, 9.17) is 5.11 Å². The summed E-state index contributed by atoms with van der Waals surface area (Å²) in [5.74, 6) is -1.33. The fraction of sp³-hybridized carbons (Fsp3) is 0.818. The minimum Gasteiger partial charge on any atom is -0.481 e. The second-order valence-corrected chi connectivity index (χ2v) is 3.68. The molecule has 0 saturated heterocycles. The van der Waals surface area contributed by atoms with Gasteiger partial charge >= 0.3 is 12.0 Å². The molecular weight excluding hydrogens is 208 g/mol. The lowest BCUT2D eigenvalue weighted by Crippen LogP contribution is -2.42. The van der Waals surface area contributed by atoms with Crippen LogP contribution in [0.3, 0.4) is 0 Å². The molecule has 0 rings (SSSR count). The van der Waals surface area contributed by atoms with Crippen LogP contribution >= 0.6 is 0 Å². The zero-order valence-corrected chi connectivity index (χ0v) is 10.3. The van der Waals surface area contributed by atoms with Crippen molar-refractivity contribution in [1.82, 2.24) is 10.2 Å². The fourth-order valence-electron chi connectivity index (χ4n) is 1.49. The molecule has 0 radical (unpaired) electrons. The fourth-order valence-corrected chi connectivity index (χ4v) is 1.49. The molecule has 2 N–H and O–H groups in total. The highest BCUT2D eigenvalue weighted by Gasteiger charge is 2.18. The molecule has 0 spiro atoms. The first-order chi connectivity index (χ1) is 7.56. The molecule has 0 saturated carbocycles. The van der Waals surface area contributed by atoms with Crippen LogP contribution in [0.4, 0.5) is 4.79 Å². The number of rotatable bonds is 7. The molecule has 0 heterocycles. The van der Waals surface area contributed by atoms with Crippen molar-refractivity contribution in [2.45, 2.75) is 33.6 Å². The van der Waals surface area contributed by atoms with E-state index in [-0.39, 0.29) is 12.6 Å². The molecule has 2 amide bonds. The number of hydrogen-bond donors (Lipinski definition) is 2. The summed E-state index contributed by atoms with van der Waals surface area (Å²) in [5.41, 5.74) is 0. The first-order valence-corrected chi connectivity index (χ1v) is 5.82. The van der Waals surface area contributed by atoms with E-state index in [0.717, 1.165) is 6.42 Å². The topological polar surface area (TPSA) is 69.6 Å². The molecule has 0 bridgehead atoms. The molecule has 0 aromatic rings. The number of nitrogens with zero attached hydrogens (tertiary/aromatic N) is 1. The van der Waals surface area contributed by atoms with E-state index in [0.29, 0.717) is 19.5 Å². The Kier molecular flexibility index (Phi) is 7.33. The number of amides is 2. The van der Waals surface area contributed by atoms with E-state index in [1.807, 2.05) is 20.8 Å². The molecule has 94 valence electrons. The average Bonchev–Trinajstić information content (AvgIpc) is 2.25. The Labute approximate surface area is 96.8 Å². The number of carbonyl (C=O) groups is 2. The predicted octanol–water partition coefficient (Wildman–Crippen LogP) is 1.54. The lowest BCUT2D eigenvalue weighted by Gasteiger charge is -2.20. The van der Waals surface area contributed by atoms with Gasteiger partial charge in [-0.25, -0.2) is 4.79 Å². The average molecular weight is 230 g/mol. The van der Waals surface area contributed by atoms with E-state index in [2.05, 4.69) is 5.32 Å². The zero-order chi connectivity index (χ0) is 12.6. The number of carboxylic acid groups (broad SMARTS) is 1. The number of urea groups is 1. The van der Waals surface area contributed by atoms with Gasteiger partial charge in [-0.3, -0.25) is 4.79 Å². The Morgan fingerprint density at radius 2 is 1.81 bits per heavy atom. The quantitative estimate of drug-likeness (QED) is 0.697. The van der Waals surface area contributed by atoms with Crippen molar-refractivity contribution < 1.29 is 14.7 Å². The Morgan fingerprint density at radius 3 is 2.19 bits per heavy atom. The van der Waals surface area contributed by atoms with Gasteiger partial charge in [0.05, 0.1) is 5.92 Å². The van der Waals surface area contributed by atoms with Crippen LogP contribution in [0.1, 0.15) is 33.6 Å². The van der Waals surface area contributed by atoms with Gasteiger partial charge in [-0.1, -0.05) is 13.3 Å². The van der Waals surface area contributed by atoms with Gasteiger partial charge in [0.25, 0.3) is 0 Å². The van der Waals surface area contributed by atoms with Gasteiger partial charge in [0, 0.05) is 19.6 Å². The van der Waals surface area contributed by atoms with Gasteiger partial charge in [-0.15, -0.1) is 0 Å². The molecule has 5 nitrogen and oxygen atoms in total. The molecule has 1 unspecified atom stereocenters. The smallest absolute Gasteiger partial charge is 0.317 e. The van der Waals surface area contributed by atoms with Crippen LogP contribution in [-0.2, 0) is 4.79 Å². The van der Waals surface area contributed by atoms with Gasteiger partial charge < -0.3 is 15.3 Å². The minimum atomic E-state index is -0.846. The third-order valence-electron chi connectivity index (χ3n) is 2.54. The van der Waals surface area contributed by atoms with E-state index in [1.165, 1.54) is 0 Å². The maximum Gasteiger partial charge on any atom is 0.317 e. The molecule has 0 aliphatic carbocycles. The van der Waals surface area contributed by atoms with Gasteiger partial charge in [-0.05, 0) is 20.3 Å². The van der Waals surface area contributed by atoms with Crippen LogP contribution < -0.4 is 5.32 Å². The second-order valence-electron chi connectivity index (χ2n) is 3.68. The highest BCUT2D eigenvalue weighted by molar-refractivity contribution is 5.75. The third kappa shape index (κ3) is 5.00. The van der Waals surface area contributed by atoms with Crippen LogP contribution in [0, 0.1) is 5.92 Å². The molecule has 0 fully saturated rings. The number of carbonyl (C=O) groups excluding carboxylic acids is 1. The highest BCUT2D eigenvalue weighted by atomic mass is 16.4. The van der Waals surface area contributed by atoms with Crippen LogP contribution in [-0.4, -0.2) is 41.6 Å². The van der Waals surface area contributed by atoms with Crippen molar-refractivity contribution in [3.63, 3.8) is 0 Å². The first-order valence-electron chi connectivity index (χ1n) is 5.82. The van der Waals surface area contributed by atoms with Crippen molar-refractivity contribution in [3.8, 4) is 0 Å². The molecule has 0 aromatic carbocycles. The summed E-state index contributed by atoms with van der Waals surface area (Å²) in [5, 5.41) is 11.6. The third-order valence-corrected chi connectivity index (χ3v) is 2.54. The molecule has 0 aliphatic heterocycles. The lowest BCUT2D eigenvalue weighted by atomic mass is 10.0. The van der Waals surface area contributed by atoms with Crippen molar-refractivity contribution in [1.29, 1.82) is 0 Å². The van der Waals surface area contributed by atoms with Crippen LogP contribution in [0.25, 0.3) is 0 Å². The molecular formula is C11H22N2O3. The monoisotopic (exact) mass is 230 g/mol. The van der Waals surface area contributed by atoms with Gasteiger partial charge in [0.15, 0.2) is 0 Å². The van der Waals surface area contributed by atoms with E-state index in [9.17, 15) is 9.59 Å². The second kappa shape index (κ2) is 7.96. The molecule has 16 heavy (non-hydrogen) atoms. The molecule has 1 atom stereocenters. The Balaban J connectivity index is 4.09. The summed E-state index contributed by atoms with van der Waals surface area (Å²) < 4.78 is 0. The zero-order valence-electron chi connectivity index (χ0n) is 10.3. The summed E-state index contributed by atoms with van der Waals surface area (Å²) >= 11 is 0. The molecule has 0 aliphatic rings. The highest BCUT2D eigenvalue weighted by Crippen LogP contribution is 2.05. The number of hydrogen-bond acceptors (Lipinski definition) is 2. The first kappa shape index (κ1) is 14.7. The van der Waals surface area contributed by atoms with Gasteiger partial charge in [0.1, 0.15) is 0 Å². The lowest BCUT2D eigenvalue weighted by molar-refractivity contribution is -0.141. The Morgan fingerprint density at radius 1 is 1.25 bits per heavy atom. The molecule has 0 aromatic heterocycles. The van der Waals surface area contributed by atoms with Crippen molar-refractivity contribution in [2.75, 3.05) is 19.6 Å². The summed E-state index contributed by atoms with van der Waals surface area (Å²) in [6.07, 6.45) is 1.39. The van der Waals surface area contributed by atoms with Gasteiger partial charge in [0.2, 0.25) is 0 Å². The van der Waals surface area contributed by atoms with E-state index >= 15 is 0 Å². The van der Waals surface area contributed by atoms with E-state index < -0.39 is 11.9 Å². The van der Waals surface area contributed by atoms with Gasteiger partial charge in [-0.2, -0.15) is 0 Å². The Hall–Kier alpha value is -1.26. The summed E-state index contributed by atoms with van der Waals surface area (Å²) in [6, 6.07) is -0.188.